The highest BCUT2D eigenvalue weighted by atomic mass is 16.5. The van der Waals surface area contributed by atoms with Crippen LogP contribution in [0.1, 0.15) is 78.6 Å². The number of carbonyl (C=O) groups is 2. The van der Waals surface area contributed by atoms with Crippen LogP contribution in [0.5, 0.6) is 0 Å². The third-order valence-electron chi connectivity index (χ3n) is 8.91. The molecule has 1 unspecified atom stereocenters. The van der Waals surface area contributed by atoms with Crippen molar-refractivity contribution in [3.63, 3.8) is 0 Å². The van der Waals surface area contributed by atoms with E-state index in [0.717, 1.165) is 51.4 Å². The summed E-state index contributed by atoms with van der Waals surface area (Å²) in [5.41, 5.74) is -0.704. The molecular formula is C22H34O4. The quantitative estimate of drug-likeness (QED) is 0.757. The second-order valence-corrected chi connectivity index (χ2v) is 10.3. The number of hydrogen-bond donors (Lipinski definition) is 1. The Morgan fingerprint density at radius 2 is 1.88 bits per heavy atom. The molecule has 4 heteroatoms. The Kier molecular flexibility index (Phi) is 4.30. The molecule has 4 saturated carbocycles. The molecule has 4 nitrogen and oxygen atoms in total. The number of carbonyl (C=O) groups excluding carboxylic acids is 2. The van der Waals surface area contributed by atoms with Crippen LogP contribution in [0, 0.1) is 34.5 Å². The van der Waals surface area contributed by atoms with Crippen molar-refractivity contribution in [2.45, 2.75) is 84.2 Å². The first-order chi connectivity index (χ1) is 12.2. The van der Waals surface area contributed by atoms with Crippen LogP contribution >= 0.6 is 0 Å². The standard InChI is InChI=1S/C22H34O4/c1-14(23)26-13-22-11-10-20(2,25)12-15(22)4-5-16-17-6-7-19(24)21(17,3)9-8-18(16)22/h15-18,25H,4-13H2,1-3H3/t15-,16-,17-,18?,20+,21-,22+/m0/s1. The summed E-state index contributed by atoms with van der Waals surface area (Å²) < 4.78 is 5.63. The average molecular weight is 363 g/mol. The van der Waals surface area contributed by atoms with Crippen LogP contribution in [-0.2, 0) is 14.3 Å². The van der Waals surface area contributed by atoms with Gasteiger partial charge < -0.3 is 9.84 Å². The molecular weight excluding hydrogens is 328 g/mol. The first-order valence-corrected chi connectivity index (χ1v) is 10.6. The lowest BCUT2D eigenvalue weighted by atomic mass is 9.44. The summed E-state index contributed by atoms with van der Waals surface area (Å²) in [7, 11) is 0. The van der Waals surface area contributed by atoms with Crippen molar-refractivity contribution in [1.82, 2.24) is 0 Å². The van der Waals surface area contributed by atoms with Crippen LogP contribution < -0.4 is 0 Å². The third-order valence-corrected chi connectivity index (χ3v) is 8.91. The van der Waals surface area contributed by atoms with Gasteiger partial charge in [-0.1, -0.05) is 6.92 Å². The molecule has 7 atom stereocenters. The van der Waals surface area contributed by atoms with Crippen molar-refractivity contribution in [1.29, 1.82) is 0 Å². The first-order valence-electron chi connectivity index (χ1n) is 10.6. The van der Waals surface area contributed by atoms with Gasteiger partial charge in [-0.3, -0.25) is 9.59 Å². The molecule has 0 amide bonds. The van der Waals surface area contributed by atoms with Crippen LogP contribution in [-0.4, -0.2) is 29.1 Å². The number of esters is 1. The lowest BCUT2D eigenvalue weighted by molar-refractivity contribution is -0.182. The lowest BCUT2D eigenvalue weighted by Crippen LogP contribution is -2.58. The molecule has 0 aromatic heterocycles. The summed E-state index contributed by atoms with van der Waals surface area (Å²) in [5, 5.41) is 10.7. The van der Waals surface area contributed by atoms with Crippen LogP contribution in [0.2, 0.25) is 0 Å². The van der Waals surface area contributed by atoms with E-state index >= 15 is 0 Å². The Morgan fingerprint density at radius 3 is 2.62 bits per heavy atom. The minimum atomic E-state index is -0.594. The van der Waals surface area contributed by atoms with Gasteiger partial charge in [-0.25, -0.2) is 0 Å². The van der Waals surface area contributed by atoms with Gasteiger partial charge in [0, 0.05) is 24.2 Å². The van der Waals surface area contributed by atoms with E-state index in [1.807, 2.05) is 6.92 Å². The predicted octanol–water partition coefficient (Wildman–Crippen LogP) is 3.89. The Hall–Kier alpha value is -0.900. The van der Waals surface area contributed by atoms with Crippen molar-refractivity contribution < 1.29 is 19.4 Å². The van der Waals surface area contributed by atoms with Crippen molar-refractivity contribution >= 4 is 11.8 Å². The zero-order valence-corrected chi connectivity index (χ0v) is 16.6. The summed E-state index contributed by atoms with van der Waals surface area (Å²) in [6.45, 7) is 6.17. The highest BCUT2D eigenvalue weighted by Crippen LogP contribution is 2.66. The number of hydrogen-bond acceptors (Lipinski definition) is 4. The van der Waals surface area contributed by atoms with E-state index in [0.29, 0.717) is 36.1 Å². The molecule has 4 aliphatic carbocycles. The van der Waals surface area contributed by atoms with Crippen LogP contribution in [0.25, 0.3) is 0 Å². The molecule has 0 bridgehead atoms. The van der Waals surface area contributed by atoms with E-state index in [-0.39, 0.29) is 16.8 Å². The van der Waals surface area contributed by atoms with Gasteiger partial charge in [0.15, 0.2) is 0 Å². The fraction of sp³-hybridized carbons (Fsp3) is 0.909. The molecule has 0 heterocycles. The topological polar surface area (TPSA) is 63.6 Å². The second-order valence-electron chi connectivity index (χ2n) is 10.3. The zero-order valence-electron chi connectivity index (χ0n) is 16.6. The number of fused-ring (bicyclic) bond motifs is 5. The van der Waals surface area contributed by atoms with Gasteiger partial charge in [0.2, 0.25) is 0 Å². The van der Waals surface area contributed by atoms with Crippen molar-refractivity contribution in [2.24, 2.45) is 34.5 Å². The summed E-state index contributed by atoms with van der Waals surface area (Å²) in [6, 6.07) is 0. The zero-order chi connectivity index (χ0) is 18.7. The Bertz CT molecular complexity index is 611. The van der Waals surface area contributed by atoms with E-state index in [1.165, 1.54) is 13.3 Å². The van der Waals surface area contributed by atoms with Crippen molar-refractivity contribution in [3.8, 4) is 0 Å². The normalized spacial score (nSPS) is 50.5. The lowest BCUT2D eigenvalue weighted by Gasteiger charge is -2.61. The highest BCUT2D eigenvalue weighted by Gasteiger charge is 2.62. The van der Waals surface area contributed by atoms with Gasteiger partial charge in [0.1, 0.15) is 5.78 Å². The second kappa shape index (κ2) is 6.05. The fourth-order valence-corrected chi connectivity index (χ4v) is 7.52. The summed E-state index contributed by atoms with van der Waals surface area (Å²) >= 11 is 0. The maximum Gasteiger partial charge on any atom is 0.302 e. The smallest absolute Gasteiger partial charge is 0.302 e. The van der Waals surface area contributed by atoms with E-state index < -0.39 is 5.60 Å². The van der Waals surface area contributed by atoms with E-state index in [9.17, 15) is 14.7 Å². The largest absolute Gasteiger partial charge is 0.465 e. The molecule has 0 aromatic rings. The summed E-state index contributed by atoms with van der Waals surface area (Å²) in [5.74, 6) is 2.31. The molecule has 26 heavy (non-hydrogen) atoms. The number of aliphatic hydroxyl groups is 1. The molecule has 0 aliphatic heterocycles. The monoisotopic (exact) mass is 362 g/mol. The first kappa shape index (κ1) is 18.5. The molecule has 4 fully saturated rings. The third kappa shape index (κ3) is 2.66. The van der Waals surface area contributed by atoms with Gasteiger partial charge in [0.25, 0.3) is 0 Å². The molecule has 4 aliphatic rings. The molecule has 0 spiro atoms. The summed E-state index contributed by atoms with van der Waals surface area (Å²) in [6.07, 6.45) is 8.66. The van der Waals surface area contributed by atoms with Gasteiger partial charge in [-0.05, 0) is 82.0 Å². The van der Waals surface area contributed by atoms with E-state index in [1.54, 1.807) is 0 Å². The van der Waals surface area contributed by atoms with Crippen molar-refractivity contribution in [3.05, 3.63) is 0 Å². The predicted molar refractivity (Wildman–Crippen MR) is 98.3 cm³/mol. The number of ketones is 1. The van der Waals surface area contributed by atoms with E-state index in [2.05, 4.69) is 6.92 Å². The molecule has 4 rings (SSSR count). The van der Waals surface area contributed by atoms with Gasteiger partial charge in [-0.15, -0.1) is 0 Å². The average Bonchev–Trinajstić information content (AvgIpc) is 2.88. The fourth-order valence-electron chi connectivity index (χ4n) is 7.52. The number of Topliss-reactive ketones (excluding diaryl/α,β-unsaturated/α-hetero) is 1. The SMILES string of the molecule is CC(=O)OC[C@]12CC[C@@](C)(O)C[C@@H]1CC[C@@H]1C2CC[C@]2(C)C(=O)CC[C@@H]12. The van der Waals surface area contributed by atoms with Gasteiger partial charge >= 0.3 is 5.97 Å². The Labute approximate surface area is 157 Å². The maximum absolute atomic E-state index is 12.6. The maximum atomic E-state index is 12.6. The van der Waals surface area contributed by atoms with E-state index in [4.69, 9.17) is 4.74 Å². The molecule has 1 N–H and O–H groups in total. The Morgan fingerprint density at radius 1 is 1.12 bits per heavy atom. The number of ether oxygens (including phenoxy) is 1. The molecule has 0 saturated heterocycles. The number of rotatable bonds is 2. The minimum Gasteiger partial charge on any atom is -0.465 e. The van der Waals surface area contributed by atoms with Crippen molar-refractivity contribution in [2.75, 3.05) is 6.61 Å². The van der Waals surface area contributed by atoms with Crippen LogP contribution in [0.15, 0.2) is 0 Å². The molecule has 0 aromatic carbocycles. The van der Waals surface area contributed by atoms with Gasteiger partial charge in [0.05, 0.1) is 12.2 Å². The minimum absolute atomic E-state index is 0.00376. The van der Waals surface area contributed by atoms with Crippen LogP contribution in [0.4, 0.5) is 0 Å². The summed E-state index contributed by atoms with van der Waals surface area (Å²) in [4.78, 5) is 24.2. The van der Waals surface area contributed by atoms with Crippen LogP contribution in [0.3, 0.4) is 0 Å². The molecule has 0 radical (unpaired) electrons. The van der Waals surface area contributed by atoms with Gasteiger partial charge in [-0.2, -0.15) is 0 Å². The molecule has 146 valence electrons. The Balaban J connectivity index is 1.66. The highest BCUT2D eigenvalue weighted by molar-refractivity contribution is 5.87.